The Bertz CT molecular complexity index is 763. The summed E-state index contributed by atoms with van der Waals surface area (Å²) in [7, 11) is 1.61. The maximum atomic E-state index is 12.5. The molecule has 3 rings (SSSR count). The number of carbonyl (C=O) groups is 1. The number of benzene rings is 2. The van der Waals surface area contributed by atoms with Crippen molar-refractivity contribution < 1.29 is 14.3 Å². The SMILES string of the molecule is COc1ccccc1CC(=O)NC[C@@H](c1ccccc1Cl)N1CCOCC1. The van der Waals surface area contributed by atoms with Gasteiger partial charge in [-0.05, 0) is 17.7 Å². The predicted molar refractivity (Wildman–Crippen MR) is 106 cm³/mol. The van der Waals surface area contributed by atoms with Crippen LogP contribution in [0.5, 0.6) is 5.75 Å². The summed E-state index contributed by atoms with van der Waals surface area (Å²) in [5.74, 6) is 0.688. The lowest BCUT2D eigenvalue weighted by Gasteiger charge is -2.35. The molecule has 144 valence electrons. The van der Waals surface area contributed by atoms with Crippen LogP contribution < -0.4 is 10.1 Å². The Balaban J connectivity index is 1.69. The Morgan fingerprint density at radius 1 is 1.19 bits per heavy atom. The summed E-state index contributed by atoms with van der Waals surface area (Å²) in [4.78, 5) is 14.9. The number of ether oxygens (including phenoxy) is 2. The van der Waals surface area contributed by atoms with Gasteiger partial charge in [-0.25, -0.2) is 0 Å². The van der Waals surface area contributed by atoms with E-state index in [-0.39, 0.29) is 18.4 Å². The van der Waals surface area contributed by atoms with Crippen LogP contribution in [0.4, 0.5) is 0 Å². The van der Waals surface area contributed by atoms with E-state index in [4.69, 9.17) is 21.1 Å². The van der Waals surface area contributed by atoms with Gasteiger partial charge in [0.25, 0.3) is 0 Å². The number of methoxy groups -OCH3 is 1. The molecule has 1 N–H and O–H groups in total. The fraction of sp³-hybridized carbons (Fsp3) is 0.381. The second-order valence-corrected chi connectivity index (χ2v) is 6.89. The quantitative estimate of drug-likeness (QED) is 0.792. The fourth-order valence-electron chi connectivity index (χ4n) is 3.37. The lowest BCUT2D eigenvalue weighted by atomic mass is 10.0. The lowest BCUT2D eigenvalue weighted by molar-refractivity contribution is -0.120. The summed E-state index contributed by atoms with van der Waals surface area (Å²) in [6.07, 6.45) is 0.280. The summed E-state index contributed by atoms with van der Waals surface area (Å²) in [5.41, 5.74) is 1.90. The topological polar surface area (TPSA) is 50.8 Å². The molecule has 1 atom stereocenters. The zero-order valence-electron chi connectivity index (χ0n) is 15.5. The Kier molecular flexibility index (Phi) is 7.10. The van der Waals surface area contributed by atoms with Crippen LogP contribution in [0, 0.1) is 0 Å². The standard InChI is InChI=1S/C21H25ClN2O3/c1-26-20-9-5-2-6-16(20)14-21(25)23-15-19(24-10-12-27-13-11-24)17-7-3-4-8-18(17)22/h2-9,19H,10-15H2,1H3,(H,23,25)/t19-/m0/s1. The van der Waals surface area contributed by atoms with Crippen molar-refractivity contribution >= 4 is 17.5 Å². The average molecular weight is 389 g/mol. The monoisotopic (exact) mass is 388 g/mol. The van der Waals surface area contributed by atoms with E-state index in [1.807, 2.05) is 48.5 Å². The van der Waals surface area contributed by atoms with Crippen molar-refractivity contribution in [3.05, 3.63) is 64.7 Å². The van der Waals surface area contributed by atoms with Gasteiger partial charge < -0.3 is 14.8 Å². The predicted octanol–water partition coefficient (Wildman–Crippen LogP) is 3.08. The van der Waals surface area contributed by atoms with Crippen LogP contribution in [0.3, 0.4) is 0 Å². The largest absolute Gasteiger partial charge is 0.496 e. The van der Waals surface area contributed by atoms with E-state index in [1.54, 1.807) is 7.11 Å². The van der Waals surface area contributed by atoms with Crippen LogP contribution in [0.15, 0.2) is 48.5 Å². The third-order valence-electron chi connectivity index (χ3n) is 4.79. The van der Waals surface area contributed by atoms with Crippen LogP contribution in [0.25, 0.3) is 0 Å². The molecule has 2 aromatic carbocycles. The smallest absolute Gasteiger partial charge is 0.224 e. The Morgan fingerprint density at radius 2 is 1.89 bits per heavy atom. The van der Waals surface area contributed by atoms with Crippen molar-refractivity contribution in [1.82, 2.24) is 10.2 Å². The number of hydrogen-bond donors (Lipinski definition) is 1. The number of halogens is 1. The van der Waals surface area contributed by atoms with E-state index in [0.717, 1.165) is 30.0 Å². The number of hydrogen-bond acceptors (Lipinski definition) is 4. The Hall–Kier alpha value is -2.08. The maximum Gasteiger partial charge on any atom is 0.224 e. The van der Waals surface area contributed by atoms with Crippen LogP contribution in [0.1, 0.15) is 17.2 Å². The molecule has 0 spiro atoms. The summed E-state index contributed by atoms with van der Waals surface area (Å²) in [6, 6.07) is 15.4. The molecule has 0 saturated carbocycles. The number of amides is 1. The van der Waals surface area contributed by atoms with Crippen LogP contribution in [-0.2, 0) is 16.0 Å². The highest BCUT2D eigenvalue weighted by atomic mass is 35.5. The second kappa shape index (κ2) is 9.74. The summed E-state index contributed by atoms with van der Waals surface area (Å²) >= 11 is 6.44. The molecule has 2 aromatic rings. The van der Waals surface area contributed by atoms with Crippen molar-refractivity contribution in [1.29, 1.82) is 0 Å². The number of nitrogens with zero attached hydrogens (tertiary/aromatic N) is 1. The number of carbonyl (C=O) groups excluding carboxylic acids is 1. The molecule has 0 aromatic heterocycles. The van der Waals surface area contributed by atoms with Gasteiger partial charge in [0.1, 0.15) is 5.75 Å². The average Bonchev–Trinajstić information content (AvgIpc) is 2.70. The minimum Gasteiger partial charge on any atom is -0.496 e. The van der Waals surface area contributed by atoms with E-state index in [2.05, 4.69) is 10.2 Å². The highest BCUT2D eigenvalue weighted by molar-refractivity contribution is 6.31. The van der Waals surface area contributed by atoms with Gasteiger partial charge in [-0.2, -0.15) is 0 Å². The Morgan fingerprint density at radius 3 is 2.63 bits per heavy atom. The summed E-state index contributed by atoms with van der Waals surface area (Å²) in [5, 5.41) is 3.79. The van der Waals surface area contributed by atoms with E-state index in [9.17, 15) is 4.79 Å². The zero-order valence-corrected chi connectivity index (χ0v) is 16.2. The van der Waals surface area contributed by atoms with Crippen LogP contribution in [-0.4, -0.2) is 50.8 Å². The first-order valence-electron chi connectivity index (χ1n) is 9.14. The summed E-state index contributed by atoms with van der Waals surface area (Å²) in [6.45, 7) is 3.51. The van der Waals surface area contributed by atoms with Crippen molar-refractivity contribution in [2.24, 2.45) is 0 Å². The second-order valence-electron chi connectivity index (χ2n) is 6.48. The van der Waals surface area contributed by atoms with Gasteiger partial charge in [-0.15, -0.1) is 0 Å². The molecule has 0 bridgehead atoms. The normalized spacial score (nSPS) is 15.9. The van der Waals surface area contributed by atoms with E-state index in [0.29, 0.717) is 24.8 Å². The molecule has 1 aliphatic heterocycles. The third kappa shape index (κ3) is 5.22. The fourth-order valence-corrected chi connectivity index (χ4v) is 3.63. The number of para-hydroxylation sites is 1. The molecule has 1 fully saturated rings. The molecule has 0 unspecified atom stereocenters. The highest BCUT2D eigenvalue weighted by Crippen LogP contribution is 2.28. The zero-order chi connectivity index (χ0) is 19.1. The first kappa shape index (κ1) is 19.7. The van der Waals surface area contributed by atoms with E-state index >= 15 is 0 Å². The van der Waals surface area contributed by atoms with Gasteiger partial charge in [0.05, 0.1) is 32.8 Å². The molecule has 5 nitrogen and oxygen atoms in total. The third-order valence-corrected chi connectivity index (χ3v) is 5.13. The van der Waals surface area contributed by atoms with Crippen LogP contribution in [0.2, 0.25) is 5.02 Å². The number of rotatable bonds is 7. The minimum absolute atomic E-state index is 0.0178. The molecule has 0 aliphatic carbocycles. The van der Waals surface area contributed by atoms with Crippen LogP contribution >= 0.6 is 11.6 Å². The van der Waals surface area contributed by atoms with Gasteiger partial charge >= 0.3 is 0 Å². The molecule has 1 heterocycles. The molecule has 0 radical (unpaired) electrons. The van der Waals surface area contributed by atoms with Crippen molar-refractivity contribution in [2.75, 3.05) is 40.0 Å². The van der Waals surface area contributed by atoms with Gasteiger partial charge in [0, 0.05) is 30.2 Å². The first-order valence-corrected chi connectivity index (χ1v) is 9.51. The molecule has 1 aliphatic rings. The summed E-state index contributed by atoms with van der Waals surface area (Å²) < 4.78 is 10.8. The van der Waals surface area contributed by atoms with Crippen molar-refractivity contribution in [3.63, 3.8) is 0 Å². The number of morpholine rings is 1. The molecular weight excluding hydrogens is 364 g/mol. The van der Waals surface area contributed by atoms with E-state index < -0.39 is 0 Å². The number of nitrogens with one attached hydrogen (secondary N) is 1. The lowest BCUT2D eigenvalue weighted by Crippen LogP contribution is -2.44. The minimum atomic E-state index is -0.0372. The molecule has 27 heavy (non-hydrogen) atoms. The van der Waals surface area contributed by atoms with Gasteiger partial charge in [0.15, 0.2) is 0 Å². The van der Waals surface area contributed by atoms with Crippen molar-refractivity contribution in [3.8, 4) is 5.75 Å². The highest BCUT2D eigenvalue weighted by Gasteiger charge is 2.25. The van der Waals surface area contributed by atoms with E-state index in [1.165, 1.54) is 0 Å². The first-order chi connectivity index (χ1) is 13.2. The molecular formula is C21H25ClN2O3. The van der Waals surface area contributed by atoms with Crippen molar-refractivity contribution in [2.45, 2.75) is 12.5 Å². The maximum absolute atomic E-state index is 12.5. The van der Waals surface area contributed by atoms with Gasteiger partial charge in [0.2, 0.25) is 5.91 Å². The van der Waals surface area contributed by atoms with Gasteiger partial charge in [-0.1, -0.05) is 48.0 Å². The molecule has 1 saturated heterocycles. The van der Waals surface area contributed by atoms with Gasteiger partial charge in [-0.3, -0.25) is 9.69 Å². The Labute approximate surface area is 165 Å². The molecule has 6 heteroatoms. The molecule has 1 amide bonds.